The number of rotatable bonds is 8. The van der Waals surface area contributed by atoms with Gasteiger partial charge in [-0.05, 0) is 37.3 Å². The van der Waals surface area contributed by atoms with E-state index in [1.54, 1.807) is 0 Å². The molecule has 0 aliphatic carbocycles. The summed E-state index contributed by atoms with van der Waals surface area (Å²) in [6, 6.07) is 20.9. The van der Waals surface area contributed by atoms with E-state index >= 15 is 0 Å². The van der Waals surface area contributed by atoms with E-state index in [-0.39, 0.29) is 5.92 Å². The molecule has 2 atom stereocenters. The Morgan fingerprint density at radius 1 is 0.957 bits per heavy atom. The van der Waals surface area contributed by atoms with E-state index in [4.69, 9.17) is 0 Å². The summed E-state index contributed by atoms with van der Waals surface area (Å²) in [7, 11) is 4.32. The SMILES string of the molecule is C[NH+](C)CCC[C@@](C)(O)[C@H](Cc1ccccc1)c1ccccc1. The molecule has 2 N–H and O–H groups in total. The summed E-state index contributed by atoms with van der Waals surface area (Å²) in [5, 5.41) is 11.2. The van der Waals surface area contributed by atoms with Crippen LogP contribution < -0.4 is 4.90 Å². The van der Waals surface area contributed by atoms with Gasteiger partial charge in [-0.2, -0.15) is 0 Å². The second kappa shape index (κ2) is 8.28. The van der Waals surface area contributed by atoms with Crippen LogP contribution in [0.15, 0.2) is 60.7 Å². The van der Waals surface area contributed by atoms with Crippen LogP contribution >= 0.6 is 0 Å². The largest absolute Gasteiger partial charge is 0.390 e. The van der Waals surface area contributed by atoms with Crippen molar-refractivity contribution >= 4 is 0 Å². The smallest absolute Gasteiger partial charge is 0.0767 e. The summed E-state index contributed by atoms with van der Waals surface area (Å²) in [4.78, 5) is 1.43. The molecular formula is C21H30NO+. The quantitative estimate of drug-likeness (QED) is 0.770. The first-order valence-corrected chi connectivity index (χ1v) is 8.59. The number of aliphatic hydroxyl groups is 1. The summed E-state index contributed by atoms with van der Waals surface area (Å²) in [6.45, 7) is 3.08. The molecule has 2 aromatic carbocycles. The lowest BCUT2D eigenvalue weighted by molar-refractivity contribution is -0.858. The Morgan fingerprint density at radius 3 is 2.09 bits per heavy atom. The second-order valence-electron chi connectivity index (χ2n) is 7.07. The number of quaternary nitrogens is 1. The minimum atomic E-state index is -0.702. The van der Waals surface area contributed by atoms with E-state index in [1.807, 2.05) is 19.1 Å². The molecule has 0 saturated carbocycles. The van der Waals surface area contributed by atoms with Crippen molar-refractivity contribution in [2.75, 3.05) is 20.6 Å². The van der Waals surface area contributed by atoms with Crippen LogP contribution in [-0.4, -0.2) is 31.3 Å². The zero-order chi connectivity index (χ0) is 16.7. The van der Waals surface area contributed by atoms with Crippen LogP contribution in [0.4, 0.5) is 0 Å². The third kappa shape index (κ3) is 5.49. The third-order valence-corrected chi connectivity index (χ3v) is 4.59. The molecule has 2 aromatic rings. The van der Waals surface area contributed by atoms with Gasteiger partial charge in [0.1, 0.15) is 0 Å². The highest BCUT2D eigenvalue weighted by Crippen LogP contribution is 2.34. The highest BCUT2D eigenvalue weighted by Gasteiger charge is 2.32. The molecule has 0 fully saturated rings. The van der Waals surface area contributed by atoms with Crippen molar-refractivity contribution in [1.82, 2.24) is 0 Å². The minimum Gasteiger partial charge on any atom is -0.390 e. The van der Waals surface area contributed by atoms with Crippen LogP contribution in [0.3, 0.4) is 0 Å². The first-order valence-electron chi connectivity index (χ1n) is 8.59. The van der Waals surface area contributed by atoms with Crippen LogP contribution in [0.5, 0.6) is 0 Å². The molecule has 0 unspecified atom stereocenters. The van der Waals surface area contributed by atoms with Crippen molar-refractivity contribution in [2.24, 2.45) is 0 Å². The topological polar surface area (TPSA) is 24.7 Å². The van der Waals surface area contributed by atoms with Gasteiger partial charge in [0.25, 0.3) is 0 Å². The molecule has 0 spiro atoms. The van der Waals surface area contributed by atoms with E-state index < -0.39 is 5.60 Å². The summed E-state index contributed by atoms with van der Waals surface area (Å²) in [5.74, 6) is 0.114. The van der Waals surface area contributed by atoms with Gasteiger partial charge in [0, 0.05) is 5.92 Å². The Bertz CT molecular complexity index is 563. The molecule has 0 radical (unpaired) electrons. The minimum absolute atomic E-state index is 0.114. The lowest BCUT2D eigenvalue weighted by Gasteiger charge is -2.34. The molecule has 2 rings (SSSR count). The molecule has 0 heterocycles. The van der Waals surface area contributed by atoms with Gasteiger partial charge in [-0.15, -0.1) is 0 Å². The van der Waals surface area contributed by atoms with Gasteiger partial charge in [-0.3, -0.25) is 0 Å². The van der Waals surface area contributed by atoms with Crippen molar-refractivity contribution in [3.63, 3.8) is 0 Å². The van der Waals surface area contributed by atoms with Crippen LogP contribution in [0, 0.1) is 0 Å². The fourth-order valence-electron chi connectivity index (χ4n) is 3.21. The number of hydrogen-bond acceptors (Lipinski definition) is 1. The highest BCUT2D eigenvalue weighted by atomic mass is 16.3. The molecule has 124 valence electrons. The molecular weight excluding hydrogens is 282 g/mol. The molecule has 0 aliphatic rings. The number of hydrogen-bond donors (Lipinski definition) is 2. The maximum absolute atomic E-state index is 11.2. The summed E-state index contributed by atoms with van der Waals surface area (Å²) in [6.07, 6.45) is 2.73. The van der Waals surface area contributed by atoms with E-state index in [1.165, 1.54) is 16.0 Å². The highest BCUT2D eigenvalue weighted by molar-refractivity contribution is 5.27. The van der Waals surface area contributed by atoms with Crippen molar-refractivity contribution in [1.29, 1.82) is 0 Å². The summed E-state index contributed by atoms with van der Waals surface area (Å²) < 4.78 is 0. The first-order chi connectivity index (χ1) is 11.0. The zero-order valence-electron chi connectivity index (χ0n) is 14.6. The Labute approximate surface area is 140 Å². The van der Waals surface area contributed by atoms with Crippen molar-refractivity contribution in [3.8, 4) is 0 Å². The normalized spacial score (nSPS) is 15.3. The molecule has 2 heteroatoms. The van der Waals surface area contributed by atoms with Crippen LogP contribution in [0.2, 0.25) is 0 Å². The average molecular weight is 312 g/mol. The molecule has 0 bridgehead atoms. The lowest BCUT2D eigenvalue weighted by atomic mass is 9.77. The van der Waals surface area contributed by atoms with Gasteiger partial charge >= 0.3 is 0 Å². The van der Waals surface area contributed by atoms with Crippen molar-refractivity contribution in [3.05, 3.63) is 71.8 Å². The Hall–Kier alpha value is -1.64. The van der Waals surface area contributed by atoms with Crippen molar-refractivity contribution in [2.45, 2.75) is 37.7 Å². The van der Waals surface area contributed by atoms with E-state index in [2.05, 4.69) is 62.6 Å². The van der Waals surface area contributed by atoms with Gasteiger partial charge in [0.15, 0.2) is 0 Å². The van der Waals surface area contributed by atoms with Gasteiger partial charge in [-0.25, -0.2) is 0 Å². The van der Waals surface area contributed by atoms with Gasteiger partial charge in [0.05, 0.1) is 26.2 Å². The molecule has 0 amide bonds. The fraction of sp³-hybridized carbons (Fsp3) is 0.429. The maximum atomic E-state index is 11.2. The summed E-state index contributed by atoms with van der Waals surface area (Å²) in [5.41, 5.74) is 1.80. The van der Waals surface area contributed by atoms with Crippen LogP contribution in [0.25, 0.3) is 0 Å². The maximum Gasteiger partial charge on any atom is 0.0767 e. The molecule has 0 aliphatic heterocycles. The Morgan fingerprint density at radius 2 is 1.52 bits per heavy atom. The van der Waals surface area contributed by atoms with Gasteiger partial charge in [-0.1, -0.05) is 60.7 Å². The molecule has 23 heavy (non-hydrogen) atoms. The van der Waals surface area contributed by atoms with Gasteiger partial charge < -0.3 is 10.0 Å². The predicted molar refractivity (Wildman–Crippen MR) is 96.9 cm³/mol. The Kier molecular flexibility index (Phi) is 6.37. The second-order valence-corrected chi connectivity index (χ2v) is 7.07. The van der Waals surface area contributed by atoms with E-state index in [9.17, 15) is 5.11 Å². The molecule has 0 saturated heterocycles. The zero-order valence-corrected chi connectivity index (χ0v) is 14.6. The molecule has 2 nitrogen and oxygen atoms in total. The van der Waals surface area contributed by atoms with Crippen LogP contribution in [-0.2, 0) is 6.42 Å². The van der Waals surface area contributed by atoms with Crippen molar-refractivity contribution < 1.29 is 10.0 Å². The predicted octanol–water partition coefficient (Wildman–Crippen LogP) is 2.69. The standard InChI is InChI=1S/C21H29NO/c1-21(23,15-10-16-22(2)3)20(19-13-8-5-9-14-19)17-18-11-6-4-7-12-18/h4-9,11-14,20,23H,10,15-17H2,1-3H3/p+1/t20-,21-/m1/s1. The van der Waals surface area contributed by atoms with E-state index in [0.717, 1.165) is 25.8 Å². The van der Waals surface area contributed by atoms with E-state index in [0.29, 0.717) is 0 Å². The van der Waals surface area contributed by atoms with Crippen LogP contribution in [0.1, 0.15) is 36.8 Å². The summed E-state index contributed by atoms with van der Waals surface area (Å²) >= 11 is 0. The molecule has 0 aromatic heterocycles. The fourth-order valence-corrected chi connectivity index (χ4v) is 3.21. The third-order valence-electron chi connectivity index (χ3n) is 4.59. The average Bonchev–Trinajstić information content (AvgIpc) is 2.54. The Balaban J connectivity index is 2.18. The van der Waals surface area contributed by atoms with Gasteiger partial charge in [0.2, 0.25) is 0 Å². The number of nitrogens with one attached hydrogen (secondary N) is 1. The number of benzene rings is 2. The lowest BCUT2D eigenvalue weighted by Crippen LogP contribution is -3.05. The first kappa shape index (κ1) is 17.7. The monoisotopic (exact) mass is 312 g/mol.